The summed E-state index contributed by atoms with van der Waals surface area (Å²) in [5.74, 6) is -2.69. The van der Waals surface area contributed by atoms with Gasteiger partial charge in [0.1, 0.15) is 5.78 Å². The molecule has 30 heavy (non-hydrogen) atoms. The van der Waals surface area contributed by atoms with Crippen molar-refractivity contribution >= 4 is 29.0 Å². The van der Waals surface area contributed by atoms with Gasteiger partial charge in [0.05, 0.1) is 6.42 Å². The van der Waals surface area contributed by atoms with Gasteiger partial charge in [-0.1, -0.05) is 6.92 Å². The van der Waals surface area contributed by atoms with E-state index in [1.807, 2.05) is 12.1 Å². The quantitative estimate of drug-likeness (QED) is 0.391. The van der Waals surface area contributed by atoms with Gasteiger partial charge in [0.15, 0.2) is 6.61 Å². The van der Waals surface area contributed by atoms with Crippen LogP contribution in [0.5, 0.6) is 0 Å². The molecule has 1 saturated carbocycles. The van der Waals surface area contributed by atoms with Gasteiger partial charge in [-0.2, -0.15) is 0 Å². The second-order valence-electron chi connectivity index (χ2n) is 8.09. The number of hydrogen-bond acceptors (Lipinski definition) is 7. The summed E-state index contributed by atoms with van der Waals surface area (Å²) in [5, 5.41) is 13.5. The number of nitrogens with zero attached hydrogens (tertiary/aromatic N) is 2. The Morgan fingerprint density at radius 2 is 1.90 bits per heavy atom. The molecule has 1 amide bonds. The summed E-state index contributed by atoms with van der Waals surface area (Å²) in [4.78, 5) is 48.9. The molecule has 0 spiro atoms. The van der Waals surface area contributed by atoms with E-state index in [1.54, 1.807) is 19.1 Å². The Labute approximate surface area is 174 Å². The lowest BCUT2D eigenvalue weighted by Gasteiger charge is -2.18. The maximum absolute atomic E-state index is 12.1. The number of benzene rings is 1. The first-order valence-electron chi connectivity index (χ1n) is 10.3. The highest BCUT2D eigenvalue weighted by Crippen LogP contribution is 2.36. The summed E-state index contributed by atoms with van der Waals surface area (Å²) in [6.07, 6.45) is 2.36. The number of Topliss-reactive ketones (excluding diaryl/α,β-unsaturated/α-hetero) is 1. The number of carbonyl (C=O) groups is 3. The van der Waals surface area contributed by atoms with Crippen LogP contribution in [-0.2, 0) is 19.1 Å². The van der Waals surface area contributed by atoms with Crippen LogP contribution in [0.3, 0.4) is 0 Å². The lowest BCUT2D eigenvalue weighted by Crippen LogP contribution is -2.28. The molecule has 1 saturated heterocycles. The minimum atomic E-state index is -0.723. The van der Waals surface area contributed by atoms with E-state index < -0.39 is 35.2 Å². The molecule has 1 aromatic rings. The first-order chi connectivity index (χ1) is 14.3. The van der Waals surface area contributed by atoms with Gasteiger partial charge in [-0.3, -0.25) is 24.5 Å². The molecule has 3 rings (SSSR count). The number of anilines is 2. The zero-order chi connectivity index (χ0) is 21.7. The van der Waals surface area contributed by atoms with E-state index >= 15 is 0 Å². The number of carbonyl (C=O) groups excluding carboxylic acids is 3. The van der Waals surface area contributed by atoms with Crippen molar-refractivity contribution in [2.75, 3.05) is 36.5 Å². The minimum Gasteiger partial charge on any atom is -0.456 e. The monoisotopic (exact) mass is 417 g/mol. The summed E-state index contributed by atoms with van der Waals surface area (Å²) < 4.78 is 5.00. The number of nitro groups is 1. The van der Waals surface area contributed by atoms with E-state index in [4.69, 9.17) is 4.74 Å². The van der Waals surface area contributed by atoms with Gasteiger partial charge >= 0.3 is 5.97 Å². The Morgan fingerprint density at radius 3 is 2.53 bits per heavy atom. The van der Waals surface area contributed by atoms with E-state index in [2.05, 4.69) is 10.2 Å². The van der Waals surface area contributed by atoms with Gasteiger partial charge in [-0.25, -0.2) is 0 Å². The number of nitrogens with one attached hydrogen (secondary N) is 1. The Balaban J connectivity index is 1.45. The fraction of sp³-hybridized carbons (Fsp3) is 0.571. The highest BCUT2D eigenvalue weighted by Gasteiger charge is 2.44. The summed E-state index contributed by atoms with van der Waals surface area (Å²) >= 11 is 0. The van der Waals surface area contributed by atoms with Crippen LogP contribution < -0.4 is 10.2 Å². The smallest absolute Gasteiger partial charge is 0.307 e. The predicted octanol–water partition coefficient (Wildman–Crippen LogP) is 2.28. The van der Waals surface area contributed by atoms with E-state index in [-0.39, 0.29) is 31.1 Å². The van der Waals surface area contributed by atoms with Crippen LogP contribution >= 0.6 is 0 Å². The second-order valence-corrected chi connectivity index (χ2v) is 8.09. The maximum atomic E-state index is 12.1. The van der Waals surface area contributed by atoms with Crippen LogP contribution in [0.4, 0.5) is 11.4 Å². The maximum Gasteiger partial charge on any atom is 0.307 e. The number of ketones is 1. The Morgan fingerprint density at radius 1 is 1.23 bits per heavy atom. The molecular weight excluding hydrogens is 390 g/mol. The molecule has 1 heterocycles. The van der Waals surface area contributed by atoms with Gasteiger partial charge in [-0.05, 0) is 43.0 Å². The molecule has 3 atom stereocenters. The Bertz CT molecular complexity index is 803. The molecule has 9 nitrogen and oxygen atoms in total. The number of amides is 1. The Hall–Kier alpha value is -2.97. The molecule has 9 heteroatoms. The molecule has 0 bridgehead atoms. The molecule has 162 valence electrons. The standard InChI is InChI=1S/C21H27N3O6/c1-14-10-19(25)17(18(14)12-24(28)29)11-21(27)30-13-20(26)22-15-4-6-16(7-5-15)23-8-2-3-9-23/h4-7,14,17-18H,2-3,8-13H2,1H3,(H,22,26)/t14-,17+,18-/m1/s1. The van der Waals surface area contributed by atoms with Crippen LogP contribution in [-0.4, -0.2) is 48.8 Å². The molecule has 0 unspecified atom stereocenters. The lowest BCUT2D eigenvalue weighted by molar-refractivity contribution is -0.490. The summed E-state index contributed by atoms with van der Waals surface area (Å²) in [7, 11) is 0. The average molecular weight is 417 g/mol. The molecule has 1 aliphatic heterocycles. The van der Waals surface area contributed by atoms with E-state index in [0.717, 1.165) is 18.8 Å². The van der Waals surface area contributed by atoms with Gasteiger partial charge in [-0.15, -0.1) is 0 Å². The van der Waals surface area contributed by atoms with Crippen molar-refractivity contribution in [2.45, 2.75) is 32.6 Å². The SMILES string of the molecule is C[C@@H]1CC(=O)[C@@H](CC(=O)OCC(=O)Nc2ccc(N3CCCC3)cc2)[C@@H]1C[N+](=O)[O-]. The van der Waals surface area contributed by atoms with Crippen molar-refractivity contribution in [1.29, 1.82) is 0 Å². The van der Waals surface area contributed by atoms with Crippen molar-refractivity contribution in [3.63, 3.8) is 0 Å². The zero-order valence-electron chi connectivity index (χ0n) is 17.0. The topological polar surface area (TPSA) is 119 Å². The highest BCUT2D eigenvalue weighted by molar-refractivity contribution is 5.93. The largest absolute Gasteiger partial charge is 0.456 e. The number of esters is 1. The molecular formula is C21H27N3O6. The molecule has 2 aliphatic rings. The number of ether oxygens (including phenoxy) is 1. The molecule has 1 aromatic carbocycles. The van der Waals surface area contributed by atoms with Crippen molar-refractivity contribution in [3.8, 4) is 0 Å². The summed E-state index contributed by atoms with van der Waals surface area (Å²) in [5.41, 5.74) is 1.71. The third-order valence-electron chi connectivity index (χ3n) is 5.92. The van der Waals surface area contributed by atoms with Crippen LogP contribution in [0.1, 0.15) is 32.6 Å². The van der Waals surface area contributed by atoms with Crippen molar-refractivity contribution in [2.24, 2.45) is 17.8 Å². The van der Waals surface area contributed by atoms with Crippen LogP contribution in [0.2, 0.25) is 0 Å². The van der Waals surface area contributed by atoms with Crippen LogP contribution in [0.15, 0.2) is 24.3 Å². The molecule has 0 radical (unpaired) electrons. The van der Waals surface area contributed by atoms with Crippen LogP contribution in [0, 0.1) is 27.9 Å². The van der Waals surface area contributed by atoms with Crippen molar-refractivity contribution < 1.29 is 24.0 Å². The molecule has 0 aromatic heterocycles. The summed E-state index contributed by atoms with van der Waals surface area (Å²) in [6, 6.07) is 7.48. The van der Waals surface area contributed by atoms with Gasteiger partial charge in [0.25, 0.3) is 5.91 Å². The number of rotatable bonds is 8. The van der Waals surface area contributed by atoms with Gasteiger partial charge in [0.2, 0.25) is 6.54 Å². The van der Waals surface area contributed by atoms with Gasteiger partial charge in [0, 0.05) is 47.6 Å². The fourth-order valence-corrected chi connectivity index (χ4v) is 4.31. The number of hydrogen-bond donors (Lipinski definition) is 1. The molecule has 1 N–H and O–H groups in total. The molecule has 2 fully saturated rings. The minimum absolute atomic E-state index is 0.146. The third-order valence-corrected chi connectivity index (χ3v) is 5.92. The first kappa shape index (κ1) is 21.7. The van der Waals surface area contributed by atoms with E-state index in [9.17, 15) is 24.5 Å². The Kier molecular flexibility index (Phi) is 7.02. The first-order valence-corrected chi connectivity index (χ1v) is 10.3. The predicted molar refractivity (Wildman–Crippen MR) is 110 cm³/mol. The van der Waals surface area contributed by atoms with Gasteiger partial charge < -0.3 is 15.0 Å². The highest BCUT2D eigenvalue weighted by atomic mass is 16.6. The third kappa shape index (κ3) is 5.55. The fourth-order valence-electron chi connectivity index (χ4n) is 4.31. The van der Waals surface area contributed by atoms with Crippen LogP contribution in [0.25, 0.3) is 0 Å². The summed E-state index contributed by atoms with van der Waals surface area (Å²) in [6.45, 7) is 3.03. The average Bonchev–Trinajstić information content (AvgIpc) is 3.31. The van der Waals surface area contributed by atoms with E-state index in [0.29, 0.717) is 5.69 Å². The van der Waals surface area contributed by atoms with Crippen molar-refractivity contribution in [3.05, 3.63) is 34.4 Å². The lowest BCUT2D eigenvalue weighted by atomic mass is 9.88. The molecule has 1 aliphatic carbocycles. The van der Waals surface area contributed by atoms with E-state index in [1.165, 1.54) is 12.8 Å². The zero-order valence-corrected chi connectivity index (χ0v) is 17.0. The normalized spacial score (nSPS) is 23.4. The second kappa shape index (κ2) is 9.69. The van der Waals surface area contributed by atoms with Crippen molar-refractivity contribution in [1.82, 2.24) is 0 Å².